The number of rotatable bonds is 8. The standard InChI is InChI=1S/C22H21N3O3S/c1-3-14-6-5-7-17-18(12-23-20(14)17)19(26)13-29-22-25-24-21(28-22)15-8-10-16(11-9-15)27-4-2/h5-12,23H,3-4,13H2,1-2H3. The first kappa shape index (κ1) is 19.3. The predicted octanol–water partition coefficient (Wildman–Crippen LogP) is 5.15. The summed E-state index contributed by atoms with van der Waals surface area (Å²) >= 11 is 1.24. The minimum atomic E-state index is 0.0234. The number of thioether (sulfide) groups is 1. The Morgan fingerprint density at radius 2 is 1.97 bits per heavy atom. The van der Waals surface area contributed by atoms with Crippen molar-refractivity contribution >= 4 is 28.4 Å². The Hall–Kier alpha value is -3.06. The van der Waals surface area contributed by atoms with E-state index in [-0.39, 0.29) is 11.5 Å². The number of aromatic nitrogens is 3. The number of ketones is 1. The Kier molecular flexibility index (Phi) is 5.67. The van der Waals surface area contributed by atoms with Crippen LogP contribution in [0.4, 0.5) is 0 Å². The molecule has 2 aromatic heterocycles. The van der Waals surface area contributed by atoms with Gasteiger partial charge in [0.15, 0.2) is 5.78 Å². The van der Waals surface area contributed by atoms with E-state index in [2.05, 4.69) is 28.2 Å². The molecule has 29 heavy (non-hydrogen) atoms. The van der Waals surface area contributed by atoms with Crippen molar-refractivity contribution in [3.05, 3.63) is 59.8 Å². The van der Waals surface area contributed by atoms with E-state index >= 15 is 0 Å². The average Bonchev–Trinajstić information content (AvgIpc) is 3.40. The lowest BCUT2D eigenvalue weighted by atomic mass is 10.1. The maximum absolute atomic E-state index is 12.7. The van der Waals surface area contributed by atoms with Crippen molar-refractivity contribution < 1.29 is 13.9 Å². The number of para-hydroxylation sites is 1. The Labute approximate surface area is 172 Å². The number of carbonyl (C=O) groups is 1. The quantitative estimate of drug-likeness (QED) is 0.321. The molecule has 2 aromatic carbocycles. The zero-order chi connectivity index (χ0) is 20.2. The predicted molar refractivity (Wildman–Crippen MR) is 114 cm³/mol. The molecule has 6 nitrogen and oxygen atoms in total. The molecule has 0 radical (unpaired) electrons. The second-order valence-electron chi connectivity index (χ2n) is 6.44. The van der Waals surface area contributed by atoms with Gasteiger partial charge in [0.25, 0.3) is 5.22 Å². The van der Waals surface area contributed by atoms with Crippen LogP contribution in [0.5, 0.6) is 5.75 Å². The maximum Gasteiger partial charge on any atom is 0.277 e. The summed E-state index contributed by atoms with van der Waals surface area (Å²) in [7, 11) is 0. The van der Waals surface area contributed by atoms with Gasteiger partial charge in [-0.1, -0.05) is 36.9 Å². The van der Waals surface area contributed by atoms with Crippen LogP contribution < -0.4 is 4.74 Å². The van der Waals surface area contributed by atoms with Gasteiger partial charge in [-0.05, 0) is 43.2 Å². The van der Waals surface area contributed by atoms with Crippen molar-refractivity contribution in [2.24, 2.45) is 0 Å². The topological polar surface area (TPSA) is 81.0 Å². The van der Waals surface area contributed by atoms with Crippen molar-refractivity contribution in [3.8, 4) is 17.2 Å². The van der Waals surface area contributed by atoms with Gasteiger partial charge < -0.3 is 14.1 Å². The number of Topliss-reactive ketones (excluding diaryl/α,β-unsaturated/α-hetero) is 1. The molecule has 0 bridgehead atoms. The molecule has 0 spiro atoms. The van der Waals surface area contributed by atoms with Gasteiger partial charge in [-0.15, -0.1) is 10.2 Å². The van der Waals surface area contributed by atoms with Gasteiger partial charge in [0, 0.05) is 28.2 Å². The molecule has 7 heteroatoms. The number of ether oxygens (including phenoxy) is 1. The van der Waals surface area contributed by atoms with Crippen molar-refractivity contribution in [2.45, 2.75) is 25.5 Å². The van der Waals surface area contributed by atoms with Crippen molar-refractivity contribution in [3.63, 3.8) is 0 Å². The minimum absolute atomic E-state index is 0.0234. The first-order valence-corrected chi connectivity index (χ1v) is 10.5. The largest absolute Gasteiger partial charge is 0.494 e. The van der Waals surface area contributed by atoms with E-state index in [4.69, 9.17) is 9.15 Å². The summed E-state index contributed by atoms with van der Waals surface area (Å²) in [5.74, 6) is 1.47. The van der Waals surface area contributed by atoms with E-state index in [1.165, 1.54) is 17.3 Å². The van der Waals surface area contributed by atoms with Crippen LogP contribution in [0.3, 0.4) is 0 Å². The van der Waals surface area contributed by atoms with Crippen LogP contribution in [0, 0.1) is 0 Å². The number of fused-ring (bicyclic) bond motifs is 1. The molecule has 0 aliphatic rings. The van der Waals surface area contributed by atoms with Gasteiger partial charge in [-0.2, -0.15) is 0 Å². The Balaban J connectivity index is 1.44. The number of nitrogens with one attached hydrogen (secondary N) is 1. The summed E-state index contributed by atoms with van der Waals surface area (Å²) < 4.78 is 11.1. The lowest BCUT2D eigenvalue weighted by Gasteiger charge is -2.02. The van der Waals surface area contributed by atoms with Crippen molar-refractivity contribution in [1.82, 2.24) is 15.2 Å². The van der Waals surface area contributed by atoms with Crippen LogP contribution in [0.25, 0.3) is 22.4 Å². The Morgan fingerprint density at radius 3 is 2.72 bits per heavy atom. The lowest BCUT2D eigenvalue weighted by molar-refractivity contribution is 0.102. The van der Waals surface area contributed by atoms with Crippen LogP contribution in [0.15, 0.2) is 58.3 Å². The fraction of sp³-hybridized carbons (Fsp3) is 0.227. The third-order valence-corrected chi connectivity index (χ3v) is 5.45. The Morgan fingerprint density at radius 1 is 1.14 bits per heavy atom. The number of hydrogen-bond donors (Lipinski definition) is 1. The first-order valence-electron chi connectivity index (χ1n) is 9.51. The smallest absolute Gasteiger partial charge is 0.277 e. The molecule has 148 valence electrons. The molecule has 1 N–H and O–H groups in total. The summed E-state index contributed by atoms with van der Waals surface area (Å²) in [6, 6.07) is 13.5. The number of aryl methyl sites for hydroxylation is 1. The number of H-pyrrole nitrogens is 1. The highest BCUT2D eigenvalue weighted by Crippen LogP contribution is 2.27. The van der Waals surface area contributed by atoms with E-state index in [0.717, 1.165) is 28.6 Å². The van der Waals surface area contributed by atoms with E-state index in [9.17, 15) is 4.79 Å². The van der Waals surface area contributed by atoms with Gasteiger partial charge in [-0.3, -0.25) is 4.79 Å². The highest BCUT2D eigenvalue weighted by atomic mass is 32.2. The Bertz CT molecular complexity index is 1130. The van der Waals surface area contributed by atoms with Crippen LogP contribution in [-0.2, 0) is 6.42 Å². The van der Waals surface area contributed by atoms with Gasteiger partial charge in [0.1, 0.15) is 5.75 Å². The summed E-state index contributed by atoms with van der Waals surface area (Å²) in [6.45, 7) is 4.66. The molecule has 0 unspecified atom stereocenters. The number of nitrogens with zero attached hydrogens (tertiary/aromatic N) is 2. The molecule has 4 rings (SSSR count). The first-order chi connectivity index (χ1) is 14.2. The summed E-state index contributed by atoms with van der Waals surface area (Å²) in [4.78, 5) is 16.0. The second kappa shape index (κ2) is 8.53. The molecular formula is C22H21N3O3S. The molecule has 4 aromatic rings. The molecular weight excluding hydrogens is 386 g/mol. The molecule has 0 fully saturated rings. The van der Waals surface area contributed by atoms with Gasteiger partial charge in [0.2, 0.25) is 5.89 Å². The highest BCUT2D eigenvalue weighted by molar-refractivity contribution is 7.99. The second-order valence-corrected chi connectivity index (χ2v) is 7.36. The zero-order valence-corrected chi connectivity index (χ0v) is 17.1. The van der Waals surface area contributed by atoms with Crippen LogP contribution in [0.2, 0.25) is 0 Å². The fourth-order valence-corrected chi connectivity index (χ4v) is 3.84. The van der Waals surface area contributed by atoms with Crippen LogP contribution in [-0.4, -0.2) is 33.3 Å². The SMILES string of the molecule is CCOc1ccc(-c2nnc(SCC(=O)c3c[nH]c4c(CC)cccc34)o2)cc1. The molecule has 0 amide bonds. The van der Waals surface area contributed by atoms with Crippen molar-refractivity contribution in [1.29, 1.82) is 0 Å². The minimum Gasteiger partial charge on any atom is -0.494 e. The third kappa shape index (κ3) is 4.05. The number of carbonyl (C=O) groups excluding carboxylic acids is 1. The van der Waals surface area contributed by atoms with Gasteiger partial charge in [0.05, 0.1) is 12.4 Å². The summed E-state index contributed by atoms with van der Waals surface area (Å²) in [5, 5.41) is 9.45. The van der Waals surface area contributed by atoms with E-state index < -0.39 is 0 Å². The highest BCUT2D eigenvalue weighted by Gasteiger charge is 2.16. The van der Waals surface area contributed by atoms with Crippen LogP contribution in [0.1, 0.15) is 29.8 Å². The van der Waals surface area contributed by atoms with Crippen LogP contribution >= 0.6 is 11.8 Å². The monoisotopic (exact) mass is 407 g/mol. The zero-order valence-electron chi connectivity index (χ0n) is 16.3. The van der Waals surface area contributed by atoms with E-state index in [1.807, 2.05) is 43.3 Å². The third-order valence-electron chi connectivity index (χ3n) is 4.63. The normalized spacial score (nSPS) is 11.1. The average molecular weight is 407 g/mol. The number of benzene rings is 2. The summed E-state index contributed by atoms with van der Waals surface area (Å²) in [6.07, 6.45) is 2.70. The fourth-order valence-electron chi connectivity index (χ4n) is 3.19. The lowest BCUT2D eigenvalue weighted by Crippen LogP contribution is -2.01. The molecule has 0 atom stereocenters. The number of hydrogen-bond acceptors (Lipinski definition) is 6. The van der Waals surface area contributed by atoms with E-state index in [1.54, 1.807) is 6.20 Å². The molecule has 2 heterocycles. The molecule has 0 aliphatic heterocycles. The van der Waals surface area contributed by atoms with Crippen molar-refractivity contribution in [2.75, 3.05) is 12.4 Å². The molecule has 0 saturated heterocycles. The number of aromatic amines is 1. The van der Waals surface area contributed by atoms with Gasteiger partial charge >= 0.3 is 0 Å². The summed E-state index contributed by atoms with van der Waals surface area (Å²) in [5.41, 5.74) is 3.72. The van der Waals surface area contributed by atoms with Gasteiger partial charge in [-0.25, -0.2) is 0 Å². The van der Waals surface area contributed by atoms with E-state index in [0.29, 0.717) is 23.3 Å². The maximum atomic E-state index is 12.7. The molecule has 0 aliphatic carbocycles. The molecule has 0 saturated carbocycles.